The van der Waals surface area contributed by atoms with Crippen molar-refractivity contribution in [2.45, 2.75) is 38.6 Å². The number of anilines is 1. The molecule has 108 valence electrons. The summed E-state index contributed by atoms with van der Waals surface area (Å²) in [6.07, 6.45) is 3.28. The van der Waals surface area contributed by atoms with Gasteiger partial charge in [-0.2, -0.15) is 0 Å². The summed E-state index contributed by atoms with van der Waals surface area (Å²) in [5.74, 6) is 1.47. The van der Waals surface area contributed by atoms with Gasteiger partial charge in [-0.15, -0.1) is 0 Å². The van der Waals surface area contributed by atoms with Crippen LogP contribution in [0.25, 0.3) is 0 Å². The SMILES string of the molecule is CC1CC(C)CC2(CN=C(N)N2c2ccccc2F)C1. The van der Waals surface area contributed by atoms with Gasteiger partial charge in [0.1, 0.15) is 5.82 Å². The second kappa shape index (κ2) is 4.76. The van der Waals surface area contributed by atoms with E-state index >= 15 is 0 Å². The number of hydrogen-bond acceptors (Lipinski definition) is 3. The third-order valence-corrected chi connectivity index (χ3v) is 4.59. The Morgan fingerprint density at radius 1 is 1.25 bits per heavy atom. The van der Waals surface area contributed by atoms with E-state index in [0.717, 1.165) is 12.8 Å². The van der Waals surface area contributed by atoms with E-state index in [0.29, 0.717) is 30.0 Å². The number of nitrogens with zero attached hydrogens (tertiary/aromatic N) is 2. The fraction of sp³-hybridized carbons (Fsp3) is 0.562. The van der Waals surface area contributed by atoms with Gasteiger partial charge in [-0.3, -0.25) is 4.99 Å². The number of benzene rings is 1. The molecule has 1 aromatic carbocycles. The van der Waals surface area contributed by atoms with Crippen LogP contribution in [0.15, 0.2) is 29.3 Å². The second-order valence-corrected chi connectivity index (χ2v) is 6.54. The van der Waals surface area contributed by atoms with Crippen molar-refractivity contribution in [1.82, 2.24) is 0 Å². The summed E-state index contributed by atoms with van der Waals surface area (Å²) in [6.45, 7) is 5.22. The fourth-order valence-corrected chi connectivity index (χ4v) is 4.17. The molecule has 0 amide bonds. The summed E-state index contributed by atoms with van der Waals surface area (Å²) < 4.78 is 14.2. The van der Waals surface area contributed by atoms with E-state index in [4.69, 9.17) is 5.73 Å². The van der Waals surface area contributed by atoms with Crippen LogP contribution in [0.5, 0.6) is 0 Å². The molecule has 1 aliphatic heterocycles. The molecule has 0 aromatic heterocycles. The van der Waals surface area contributed by atoms with Crippen molar-refractivity contribution in [2.75, 3.05) is 11.4 Å². The van der Waals surface area contributed by atoms with E-state index in [1.807, 2.05) is 11.0 Å². The van der Waals surface area contributed by atoms with Gasteiger partial charge in [0.25, 0.3) is 0 Å². The van der Waals surface area contributed by atoms with Gasteiger partial charge in [-0.25, -0.2) is 4.39 Å². The van der Waals surface area contributed by atoms with Crippen molar-refractivity contribution < 1.29 is 4.39 Å². The first-order valence-electron chi connectivity index (χ1n) is 7.36. The zero-order valence-corrected chi connectivity index (χ0v) is 12.1. The summed E-state index contributed by atoms with van der Waals surface area (Å²) >= 11 is 0. The Hall–Kier alpha value is -1.58. The first kappa shape index (κ1) is 13.4. The van der Waals surface area contributed by atoms with E-state index in [1.165, 1.54) is 12.5 Å². The molecule has 0 radical (unpaired) electrons. The maximum absolute atomic E-state index is 14.2. The molecule has 1 spiro atoms. The average molecular weight is 275 g/mol. The highest BCUT2D eigenvalue weighted by Crippen LogP contribution is 2.44. The maximum atomic E-state index is 14.2. The molecule has 0 bridgehead atoms. The van der Waals surface area contributed by atoms with Crippen LogP contribution in [0.2, 0.25) is 0 Å². The lowest BCUT2D eigenvalue weighted by Gasteiger charge is -2.46. The third kappa shape index (κ3) is 2.07. The lowest BCUT2D eigenvalue weighted by atomic mass is 9.71. The molecule has 2 aliphatic rings. The molecule has 1 heterocycles. The molecular formula is C16H22FN3. The Bertz CT molecular complexity index is 530. The van der Waals surface area contributed by atoms with Crippen LogP contribution >= 0.6 is 0 Å². The number of para-hydroxylation sites is 1. The predicted molar refractivity (Wildman–Crippen MR) is 80.3 cm³/mol. The van der Waals surface area contributed by atoms with Crippen LogP contribution in [0.1, 0.15) is 33.1 Å². The Morgan fingerprint density at radius 3 is 2.55 bits per heavy atom. The fourth-order valence-electron chi connectivity index (χ4n) is 4.17. The minimum atomic E-state index is -0.224. The molecule has 2 atom stereocenters. The zero-order chi connectivity index (χ0) is 14.3. The van der Waals surface area contributed by atoms with Crippen molar-refractivity contribution >= 4 is 11.6 Å². The van der Waals surface area contributed by atoms with Crippen LogP contribution in [0, 0.1) is 17.7 Å². The molecule has 4 heteroatoms. The van der Waals surface area contributed by atoms with Crippen molar-refractivity contribution in [3.05, 3.63) is 30.1 Å². The summed E-state index contributed by atoms with van der Waals surface area (Å²) in [5, 5.41) is 0. The summed E-state index contributed by atoms with van der Waals surface area (Å²) in [6, 6.07) is 6.85. The first-order chi connectivity index (χ1) is 9.52. The van der Waals surface area contributed by atoms with Gasteiger partial charge < -0.3 is 10.6 Å². The molecule has 0 saturated heterocycles. The first-order valence-corrected chi connectivity index (χ1v) is 7.36. The summed E-state index contributed by atoms with van der Waals surface area (Å²) in [5.41, 5.74) is 6.51. The van der Waals surface area contributed by atoms with Crippen LogP contribution in [-0.4, -0.2) is 18.0 Å². The predicted octanol–water partition coefficient (Wildman–Crippen LogP) is 3.16. The molecular weight excluding hydrogens is 253 g/mol. The lowest BCUT2D eigenvalue weighted by molar-refractivity contribution is 0.196. The number of aliphatic imine (C=N–C) groups is 1. The van der Waals surface area contributed by atoms with E-state index in [9.17, 15) is 4.39 Å². The van der Waals surface area contributed by atoms with Crippen LogP contribution in [0.3, 0.4) is 0 Å². The quantitative estimate of drug-likeness (QED) is 0.855. The Kier molecular flexibility index (Phi) is 3.19. The van der Waals surface area contributed by atoms with Crippen LogP contribution in [-0.2, 0) is 0 Å². The highest BCUT2D eigenvalue weighted by atomic mass is 19.1. The second-order valence-electron chi connectivity index (χ2n) is 6.54. The van der Waals surface area contributed by atoms with E-state index < -0.39 is 0 Å². The standard InChI is InChI=1S/C16H22FN3/c1-11-7-12(2)9-16(8-11)10-19-15(18)20(16)14-6-4-3-5-13(14)17/h3-6,11-12H,7-10H2,1-2H3,(H2,18,19). The highest BCUT2D eigenvalue weighted by molar-refractivity contribution is 5.98. The van der Waals surface area contributed by atoms with Gasteiger partial charge in [-0.1, -0.05) is 26.0 Å². The minimum absolute atomic E-state index is 0.136. The van der Waals surface area contributed by atoms with E-state index in [1.54, 1.807) is 12.1 Å². The van der Waals surface area contributed by atoms with Gasteiger partial charge in [0.2, 0.25) is 0 Å². The van der Waals surface area contributed by atoms with Crippen molar-refractivity contribution in [2.24, 2.45) is 22.6 Å². The normalized spacial score (nSPS) is 33.5. The molecule has 3 rings (SSSR count). The Morgan fingerprint density at radius 2 is 1.90 bits per heavy atom. The molecule has 1 fully saturated rings. The van der Waals surface area contributed by atoms with Crippen LogP contribution < -0.4 is 10.6 Å². The number of nitrogens with two attached hydrogens (primary N) is 1. The molecule has 1 aromatic rings. The molecule has 2 N–H and O–H groups in total. The summed E-state index contributed by atoms with van der Waals surface area (Å²) in [4.78, 5) is 6.39. The van der Waals surface area contributed by atoms with Crippen molar-refractivity contribution in [1.29, 1.82) is 0 Å². The molecule has 3 nitrogen and oxygen atoms in total. The number of hydrogen-bond donors (Lipinski definition) is 1. The van der Waals surface area contributed by atoms with Crippen molar-refractivity contribution in [3.8, 4) is 0 Å². The molecule has 2 unspecified atom stereocenters. The highest BCUT2D eigenvalue weighted by Gasteiger charge is 2.47. The molecule has 1 aliphatic carbocycles. The lowest BCUT2D eigenvalue weighted by Crippen LogP contribution is -2.55. The average Bonchev–Trinajstić information content (AvgIpc) is 2.66. The van der Waals surface area contributed by atoms with Crippen molar-refractivity contribution in [3.63, 3.8) is 0 Å². The molecule has 20 heavy (non-hydrogen) atoms. The van der Waals surface area contributed by atoms with Gasteiger partial charge in [0.05, 0.1) is 17.8 Å². The van der Waals surface area contributed by atoms with E-state index in [-0.39, 0.29) is 11.4 Å². The zero-order valence-electron chi connectivity index (χ0n) is 12.1. The summed E-state index contributed by atoms with van der Waals surface area (Å²) in [7, 11) is 0. The maximum Gasteiger partial charge on any atom is 0.196 e. The monoisotopic (exact) mass is 275 g/mol. The minimum Gasteiger partial charge on any atom is -0.369 e. The topological polar surface area (TPSA) is 41.6 Å². The molecule has 1 saturated carbocycles. The Balaban J connectivity index is 2.02. The van der Waals surface area contributed by atoms with Gasteiger partial charge in [0.15, 0.2) is 5.96 Å². The van der Waals surface area contributed by atoms with Gasteiger partial charge in [-0.05, 0) is 43.2 Å². The smallest absolute Gasteiger partial charge is 0.196 e. The number of halogens is 1. The number of guanidine groups is 1. The van der Waals surface area contributed by atoms with Gasteiger partial charge >= 0.3 is 0 Å². The van der Waals surface area contributed by atoms with E-state index in [2.05, 4.69) is 18.8 Å². The largest absolute Gasteiger partial charge is 0.369 e. The Labute approximate surface area is 119 Å². The number of rotatable bonds is 1. The third-order valence-electron chi connectivity index (χ3n) is 4.59. The van der Waals surface area contributed by atoms with Gasteiger partial charge in [0, 0.05) is 0 Å². The van der Waals surface area contributed by atoms with Crippen LogP contribution in [0.4, 0.5) is 10.1 Å².